The fourth-order valence-electron chi connectivity index (χ4n) is 4.68. The van der Waals surface area contributed by atoms with E-state index in [1.165, 1.54) is 52.2 Å². The zero-order valence-electron chi connectivity index (χ0n) is 40.8. The fourth-order valence-corrected chi connectivity index (χ4v) is 4.68. The molecule has 3 nitrogen and oxygen atoms in total. The largest absolute Gasteiger partial charge is 0.412 e. The van der Waals surface area contributed by atoms with Crippen molar-refractivity contribution in [3.8, 4) is 44.8 Å². The summed E-state index contributed by atoms with van der Waals surface area (Å²) in [6.45, 7) is -1.34. The van der Waals surface area contributed by atoms with Gasteiger partial charge in [-0.3, -0.25) is 9.97 Å². The Kier molecular flexibility index (Phi) is 7.46. The number of benzene rings is 4. The van der Waals surface area contributed by atoms with Gasteiger partial charge in [0.1, 0.15) is 0 Å². The van der Waals surface area contributed by atoms with Gasteiger partial charge in [0.15, 0.2) is 0 Å². The predicted octanol–water partition coefficient (Wildman–Crippen LogP) is 10.8. The second kappa shape index (κ2) is 17.3. The molecule has 0 bridgehead atoms. The zero-order chi connectivity index (χ0) is 44.8. The molecule has 236 valence electrons. The van der Waals surface area contributed by atoms with Gasteiger partial charge in [0, 0.05) is 44.1 Å². The molecule has 0 aliphatic rings. The number of nitrogens with zero attached hydrogens (tertiary/aromatic N) is 2. The molecule has 6 aromatic rings. The topological polar surface area (TPSA) is 57.3 Å². The molecule has 2 N–H and O–H groups in total. The SMILES string of the molecule is Cc1ccc(-c2cc(-c3ccccc3)ncc2C)cc1C.O.[2H]C([2H])([2H])SC([2H])([2H])[2H].[2H]C([2H])([2H])c1cnc(-c2ccccc2)cc1-c1ccc(C([2H])([2H])[2H])c(C([2H])([2H])[2H])c1. The molecule has 0 fully saturated rings. The van der Waals surface area contributed by atoms with Crippen molar-refractivity contribution in [2.24, 2.45) is 0 Å². The molecule has 0 amide bonds. The number of hydrogen-bond acceptors (Lipinski definition) is 3. The first kappa shape index (κ1) is 19.9. The van der Waals surface area contributed by atoms with Crippen molar-refractivity contribution in [1.29, 1.82) is 0 Å². The van der Waals surface area contributed by atoms with E-state index in [0.29, 0.717) is 11.3 Å². The van der Waals surface area contributed by atoms with Gasteiger partial charge in [-0.2, -0.15) is 11.8 Å². The zero-order valence-corrected chi connectivity index (χ0v) is 26.7. The molecule has 0 aliphatic heterocycles. The summed E-state index contributed by atoms with van der Waals surface area (Å²) in [6.07, 6.45) is -1.60. The molecule has 2 heterocycles. The Morgan fingerprint density at radius 2 is 0.935 bits per heavy atom. The van der Waals surface area contributed by atoms with Crippen LogP contribution in [0.1, 0.15) is 53.9 Å². The highest BCUT2D eigenvalue weighted by Gasteiger charge is 2.08. The Bertz CT molecular complexity index is 2360. The maximum absolute atomic E-state index is 7.85. The lowest BCUT2D eigenvalue weighted by Gasteiger charge is -2.10. The third-order valence-corrected chi connectivity index (χ3v) is 7.29. The predicted molar refractivity (Wildman–Crippen MR) is 202 cm³/mol. The van der Waals surface area contributed by atoms with Crippen LogP contribution < -0.4 is 0 Å². The van der Waals surface area contributed by atoms with Crippen molar-refractivity contribution >= 4 is 11.8 Å². The highest BCUT2D eigenvalue weighted by Crippen LogP contribution is 2.30. The van der Waals surface area contributed by atoms with Crippen molar-refractivity contribution in [2.75, 3.05) is 12.4 Å². The third-order valence-electron chi connectivity index (χ3n) is 7.29. The van der Waals surface area contributed by atoms with E-state index < -0.39 is 32.9 Å². The Balaban J connectivity index is 0.000000277. The highest BCUT2D eigenvalue weighted by molar-refractivity contribution is 7.97. The first-order valence-corrected chi connectivity index (χ1v) is 15.0. The molecule has 0 saturated carbocycles. The number of rotatable bonds is 4. The van der Waals surface area contributed by atoms with Crippen molar-refractivity contribution in [2.45, 2.75) is 41.3 Å². The van der Waals surface area contributed by atoms with Gasteiger partial charge in [0.2, 0.25) is 0 Å². The molecule has 0 atom stereocenters. The quantitative estimate of drug-likeness (QED) is 0.192. The Morgan fingerprint density at radius 1 is 0.457 bits per heavy atom. The average Bonchev–Trinajstić information content (AvgIpc) is 3.14. The molecule has 0 spiro atoms. The van der Waals surface area contributed by atoms with Crippen LogP contribution in [0.25, 0.3) is 44.8 Å². The minimum Gasteiger partial charge on any atom is -0.412 e. The van der Waals surface area contributed by atoms with Crippen molar-refractivity contribution in [3.63, 3.8) is 0 Å². The molecular weight excluding hydrogens is 581 g/mol. The molecule has 4 heteroatoms. The average molecular weight is 642 g/mol. The Hall–Kier alpha value is -4.51. The highest BCUT2D eigenvalue weighted by atomic mass is 32.2. The van der Waals surface area contributed by atoms with E-state index in [2.05, 4.69) is 67.1 Å². The van der Waals surface area contributed by atoms with E-state index in [1.54, 1.807) is 6.07 Å². The minimum atomic E-state index is -2.67. The summed E-state index contributed by atoms with van der Waals surface area (Å²) in [5, 5.41) is 0. The summed E-state index contributed by atoms with van der Waals surface area (Å²) >= 11 is 0.0139. The van der Waals surface area contributed by atoms with Crippen LogP contribution in [0.15, 0.2) is 122 Å². The van der Waals surface area contributed by atoms with Gasteiger partial charge in [-0.05, 0) is 121 Å². The summed E-state index contributed by atoms with van der Waals surface area (Å²) in [6, 6.07) is 33.8. The lowest BCUT2D eigenvalue weighted by molar-refractivity contribution is 0.824. The van der Waals surface area contributed by atoms with E-state index in [-0.39, 0.29) is 39.5 Å². The van der Waals surface area contributed by atoms with Gasteiger partial charge in [-0.15, -0.1) is 0 Å². The van der Waals surface area contributed by atoms with E-state index in [0.717, 1.165) is 16.8 Å². The van der Waals surface area contributed by atoms with Crippen LogP contribution in [0.2, 0.25) is 0 Å². The Morgan fingerprint density at radius 3 is 1.41 bits per heavy atom. The molecule has 0 unspecified atom stereocenters. The second-order valence-electron chi connectivity index (χ2n) is 10.4. The fraction of sp³-hybridized carbons (Fsp3) is 0.190. The summed E-state index contributed by atoms with van der Waals surface area (Å²) in [5.74, 6) is 0. The summed E-state index contributed by atoms with van der Waals surface area (Å²) < 4.78 is 109. The van der Waals surface area contributed by atoms with Crippen LogP contribution >= 0.6 is 11.8 Å². The van der Waals surface area contributed by atoms with Crippen molar-refractivity contribution in [3.05, 3.63) is 155 Å². The first-order valence-electron chi connectivity index (χ1n) is 21.7. The first-order chi connectivity index (χ1) is 27.6. The molecule has 0 aliphatic carbocycles. The van der Waals surface area contributed by atoms with E-state index in [4.69, 9.17) is 20.6 Å². The summed E-state index contributed by atoms with van der Waals surface area (Å²) in [4.78, 5) is 8.84. The van der Waals surface area contributed by atoms with Crippen LogP contribution in [0.3, 0.4) is 0 Å². The van der Waals surface area contributed by atoms with Gasteiger partial charge in [0.25, 0.3) is 0 Å². The lowest BCUT2D eigenvalue weighted by Crippen LogP contribution is -1.91. The van der Waals surface area contributed by atoms with Crippen LogP contribution in [0, 0.1) is 41.3 Å². The number of pyridine rings is 2. The van der Waals surface area contributed by atoms with Gasteiger partial charge in [0.05, 0.1) is 11.4 Å². The second-order valence-corrected chi connectivity index (χ2v) is 10.6. The maximum atomic E-state index is 7.85. The summed E-state index contributed by atoms with van der Waals surface area (Å²) in [7, 11) is 0. The number of thioether (sulfide) groups is 1. The third kappa shape index (κ3) is 9.26. The minimum absolute atomic E-state index is 0. The van der Waals surface area contributed by atoms with Crippen LogP contribution in [-0.2, 0) is 0 Å². The van der Waals surface area contributed by atoms with Gasteiger partial charge < -0.3 is 5.48 Å². The summed E-state index contributed by atoms with van der Waals surface area (Å²) in [5.41, 5.74) is 9.79. The van der Waals surface area contributed by atoms with Gasteiger partial charge in [-0.1, -0.05) is 97.1 Å². The van der Waals surface area contributed by atoms with Crippen LogP contribution in [-0.4, -0.2) is 27.8 Å². The van der Waals surface area contributed by atoms with Crippen LogP contribution in [0.5, 0.6) is 0 Å². The normalized spacial score (nSPS) is 16.3. The van der Waals surface area contributed by atoms with Crippen LogP contribution in [0.4, 0.5) is 0 Å². The number of hydrogen-bond donors (Lipinski definition) is 0. The number of aryl methyl sites for hydroxylation is 6. The van der Waals surface area contributed by atoms with E-state index in [9.17, 15) is 0 Å². The van der Waals surface area contributed by atoms with Gasteiger partial charge >= 0.3 is 0 Å². The monoisotopic (exact) mass is 641 g/mol. The lowest BCUT2D eigenvalue weighted by atomic mass is 9.97. The Labute approximate surface area is 301 Å². The molecule has 0 radical (unpaired) electrons. The molecule has 2 aromatic heterocycles. The standard InChI is InChI=1S/2C20H19N.C2H6S.H2O/c2*1-14-9-10-18(11-15(14)2)19-12-20(21-13-16(19)3)17-7-5-4-6-8-17;1-3-2;/h2*4-13H,1-3H3;1-2H3;1H2/i1D3,2D3,3D3;;1D3,2D3;. The van der Waals surface area contributed by atoms with Crippen molar-refractivity contribution < 1.29 is 26.0 Å². The molecule has 46 heavy (non-hydrogen) atoms. The molecular formula is C42H46N2OS. The maximum Gasteiger partial charge on any atom is 0.0708 e. The van der Waals surface area contributed by atoms with E-state index in [1.807, 2.05) is 54.7 Å². The molecule has 0 saturated heterocycles. The van der Waals surface area contributed by atoms with E-state index >= 15 is 0 Å². The number of aromatic nitrogens is 2. The smallest absolute Gasteiger partial charge is 0.0708 e. The van der Waals surface area contributed by atoms with Gasteiger partial charge in [-0.25, -0.2) is 0 Å². The molecule has 6 rings (SSSR count). The van der Waals surface area contributed by atoms with Crippen molar-refractivity contribution in [1.82, 2.24) is 9.97 Å². The molecule has 4 aromatic carbocycles.